The lowest BCUT2D eigenvalue weighted by Crippen LogP contribution is -2.04. The molecule has 0 amide bonds. The summed E-state index contributed by atoms with van der Waals surface area (Å²) in [5.41, 5.74) is 2.48. The first-order valence-corrected chi connectivity index (χ1v) is 12.6. The fourth-order valence-electron chi connectivity index (χ4n) is 4.43. The molecule has 0 bridgehead atoms. The van der Waals surface area contributed by atoms with Gasteiger partial charge in [-0.3, -0.25) is 20.2 Å². The van der Waals surface area contributed by atoms with Crippen molar-refractivity contribution in [3.05, 3.63) is 152 Å². The molecule has 0 saturated heterocycles. The van der Waals surface area contributed by atoms with Crippen LogP contribution in [0.2, 0.25) is 0 Å². The minimum atomic E-state index is -4.18. The van der Waals surface area contributed by atoms with E-state index >= 15 is 0 Å². The molecule has 4 aromatic rings. The van der Waals surface area contributed by atoms with Gasteiger partial charge < -0.3 is 0 Å². The van der Waals surface area contributed by atoms with Crippen LogP contribution in [0.3, 0.4) is 0 Å². The molecular weight excluding hydrogens is 492 g/mol. The van der Waals surface area contributed by atoms with E-state index in [0.717, 1.165) is 0 Å². The molecule has 182 valence electrons. The maximum atomic E-state index is 14.3. The highest BCUT2D eigenvalue weighted by Gasteiger charge is 2.41. The van der Waals surface area contributed by atoms with E-state index < -0.39 is 19.7 Å². The number of allylic oxidation sites excluding steroid dienone is 2. The largest absolute Gasteiger partial charge is 0.269 e. The Bertz CT molecular complexity index is 1570. The van der Waals surface area contributed by atoms with E-state index in [9.17, 15) is 28.6 Å². The van der Waals surface area contributed by atoms with Crippen molar-refractivity contribution in [1.82, 2.24) is 0 Å². The summed E-state index contributed by atoms with van der Waals surface area (Å²) in [6, 6.07) is 28.8. The van der Waals surface area contributed by atoms with Crippen LogP contribution in [-0.2, 0) is 9.84 Å². The van der Waals surface area contributed by atoms with Crippen LogP contribution in [0.4, 0.5) is 11.4 Å². The number of hydrogen-bond donors (Lipinski definition) is 0. The number of hydrogen-bond acceptors (Lipinski definition) is 6. The molecule has 1 aliphatic heterocycles. The van der Waals surface area contributed by atoms with Gasteiger partial charge in [0, 0.05) is 35.4 Å². The Hall–Kier alpha value is -4.89. The van der Waals surface area contributed by atoms with Crippen molar-refractivity contribution in [3.63, 3.8) is 0 Å². The van der Waals surface area contributed by atoms with Crippen LogP contribution in [0.1, 0.15) is 22.3 Å². The zero-order valence-corrected chi connectivity index (χ0v) is 20.0. The van der Waals surface area contributed by atoms with Crippen LogP contribution < -0.4 is 0 Å². The SMILES string of the molecule is O=[N+]([O-])c1ccc(C2=C(c3ccccc3)C(c3ccccc3)=C(c3ccc([N+](=O)[O-])cc3)S2(=O)=O)cc1. The molecule has 0 aromatic heterocycles. The quantitative estimate of drug-likeness (QED) is 0.220. The summed E-state index contributed by atoms with van der Waals surface area (Å²) in [5.74, 6) is 0. The van der Waals surface area contributed by atoms with E-state index in [4.69, 9.17) is 0 Å². The van der Waals surface area contributed by atoms with Crippen LogP contribution >= 0.6 is 0 Å². The third-order valence-corrected chi connectivity index (χ3v) is 8.00. The Morgan fingerprint density at radius 1 is 0.459 bits per heavy atom. The molecule has 0 N–H and O–H groups in total. The normalized spacial score (nSPS) is 14.6. The lowest BCUT2D eigenvalue weighted by molar-refractivity contribution is -0.385. The van der Waals surface area contributed by atoms with Gasteiger partial charge in [-0.15, -0.1) is 0 Å². The molecule has 8 nitrogen and oxygen atoms in total. The molecule has 1 heterocycles. The Balaban J connectivity index is 1.87. The monoisotopic (exact) mass is 510 g/mol. The first-order chi connectivity index (χ1) is 17.8. The minimum Gasteiger partial charge on any atom is -0.258 e. The second-order valence-corrected chi connectivity index (χ2v) is 10.1. The van der Waals surface area contributed by atoms with E-state index in [0.29, 0.717) is 33.4 Å². The lowest BCUT2D eigenvalue weighted by Gasteiger charge is -2.12. The zero-order chi connectivity index (χ0) is 26.2. The summed E-state index contributed by atoms with van der Waals surface area (Å²) in [6.07, 6.45) is 0. The van der Waals surface area contributed by atoms with Crippen molar-refractivity contribution < 1.29 is 18.3 Å². The molecule has 0 fully saturated rings. The molecular formula is C28H18N2O6S. The average Bonchev–Trinajstić information content (AvgIpc) is 3.16. The summed E-state index contributed by atoms with van der Waals surface area (Å²) in [7, 11) is -4.18. The summed E-state index contributed by atoms with van der Waals surface area (Å²) in [4.78, 5) is 21.4. The van der Waals surface area contributed by atoms with E-state index in [1.54, 1.807) is 48.5 Å². The average molecular weight is 511 g/mol. The standard InChI is InChI=1S/C28H18N2O6S/c31-29(32)23-15-11-21(12-16-23)27-25(19-7-3-1-4-8-19)26(20-9-5-2-6-10-20)28(37(27,35)36)22-13-17-24(18-14-22)30(33)34/h1-18H. The van der Waals surface area contributed by atoms with Crippen molar-refractivity contribution in [2.24, 2.45) is 0 Å². The maximum Gasteiger partial charge on any atom is 0.269 e. The molecule has 0 atom stereocenters. The molecule has 0 radical (unpaired) electrons. The molecule has 9 heteroatoms. The number of nitro benzene ring substituents is 2. The van der Waals surface area contributed by atoms with Gasteiger partial charge in [0.1, 0.15) is 0 Å². The highest BCUT2D eigenvalue weighted by atomic mass is 32.2. The lowest BCUT2D eigenvalue weighted by atomic mass is 9.89. The fraction of sp³-hybridized carbons (Fsp3) is 0. The Labute approximate surface area is 212 Å². The summed E-state index contributed by atoms with van der Waals surface area (Å²) >= 11 is 0. The topological polar surface area (TPSA) is 120 Å². The number of nitro groups is 2. The summed E-state index contributed by atoms with van der Waals surface area (Å²) in [5, 5.41) is 22.4. The Morgan fingerprint density at radius 3 is 1.08 bits per heavy atom. The molecule has 1 aliphatic rings. The summed E-state index contributed by atoms with van der Waals surface area (Å²) in [6.45, 7) is 0. The first-order valence-electron chi connectivity index (χ1n) is 11.1. The van der Waals surface area contributed by atoms with Gasteiger partial charge in [-0.1, -0.05) is 60.7 Å². The van der Waals surface area contributed by atoms with E-state index in [1.165, 1.54) is 48.5 Å². The number of benzene rings is 4. The van der Waals surface area contributed by atoms with Crippen molar-refractivity contribution in [3.8, 4) is 0 Å². The third kappa shape index (κ3) is 4.21. The van der Waals surface area contributed by atoms with E-state index in [-0.39, 0.29) is 21.2 Å². The van der Waals surface area contributed by atoms with Crippen molar-refractivity contribution in [1.29, 1.82) is 0 Å². The van der Waals surface area contributed by atoms with Gasteiger partial charge in [0.15, 0.2) is 0 Å². The van der Waals surface area contributed by atoms with Gasteiger partial charge in [-0.2, -0.15) is 0 Å². The maximum absolute atomic E-state index is 14.3. The molecule has 37 heavy (non-hydrogen) atoms. The predicted molar refractivity (Wildman–Crippen MR) is 142 cm³/mol. The highest BCUT2D eigenvalue weighted by Crippen LogP contribution is 2.53. The second kappa shape index (κ2) is 9.29. The van der Waals surface area contributed by atoms with Gasteiger partial charge in [0.2, 0.25) is 9.84 Å². The van der Waals surface area contributed by atoms with Crippen LogP contribution in [-0.4, -0.2) is 18.3 Å². The molecule has 0 saturated carbocycles. The van der Waals surface area contributed by atoms with E-state index in [2.05, 4.69) is 0 Å². The number of non-ortho nitro benzene ring substituents is 2. The molecule has 0 spiro atoms. The number of rotatable bonds is 6. The molecule has 0 unspecified atom stereocenters. The third-order valence-electron chi connectivity index (χ3n) is 6.05. The zero-order valence-electron chi connectivity index (χ0n) is 19.1. The van der Waals surface area contributed by atoms with Gasteiger partial charge in [0.05, 0.1) is 19.7 Å². The van der Waals surface area contributed by atoms with Gasteiger partial charge in [0.25, 0.3) is 11.4 Å². The van der Waals surface area contributed by atoms with Crippen LogP contribution in [0, 0.1) is 20.2 Å². The first kappa shape index (κ1) is 23.8. The van der Waals surface area contributed by atoms with Crippen molar-refractivity contribution in [2.75, 3.05) is 0 Å². The van der Waals surface area contributed by atoms with Crippen molar-refractivity contribution in [2.45, 2.75) is 0 Å². The summed E-state index contributed by atoms with van der Waals surface area (Å²) < 4.78 is 28.6. The molecule has 0 aliphatic carbocycles. The highest BCUT2D eigenvalue weighted by molar-refractivity contribution is 8.10. The molecule has 5 rings (SSSR count). The van der Waals surface area contributed by atoms with Gasteiger partial charge >= 0.3 is 0 Å². The smallest absolute Gasteiger partial charge is 0.258 e. The second-order valence-electron chi connectivity index (χ2n) is 8.25. The molecule has 4 aromatic carbocycles. The van der Waals surface area contributed by atoms with E-state index in [1.807, 2.05) is 12.1 Å². The predicted octanol–water partition coefficient (Wildman–Crippen LogP) is 6.37. The number of nitrogens with zero attached hydrogens (tertiary/aromatic N) is 2. The van der Waals surface area contributed by atoms with Gasteiger partial charge in [-0.25, -0.2) is 8.42 Å². The van der Waals surface area contributed by atoms with Crippen LogP contribution in [0.15, 0.2) is 109 Å². The Morgan fingerprint density at radius 2 is 0.784 bits per heavy atom. The van der Waals surface area contributed by atoms with Crippen molar-refractivity contribution >= 4 is 42.2 Å². The van der Waals surface area contributed by atoms with Gasteiger partial charge in [-0.05, 0) is 46.5 Å². The van der Waals surface area contributed by atoms with Crippen LogP contribution in [0.25, 0.3) is 21.0 Å². The fourth-order valence-corrected chi connectivity index (χ4v) is 6.50. The Kier molecular flexibility index (Phi) is 5.98. The van der Waals surface area contributed by atoms with Crippen LogP contribution in [0.5, 0.6) is 0 Å². The minimum absolute atomic E-state index is 0.0146. The number of sulfone groups is 1.